The third kappa shape index (κ3) is 3.96. The fourth-order valence-electron chi connectivity index (χ4n) is 2.62. The molecule has 0 heterocycles. The van der Waals surface area contributed by atoms with Crippen molar-refractivity contribution in [1.29, 1.82) is 0 Å². The van der Waals surface area contributed by atoms with Gasteiger partial charge in [-0.25, -0.2) is 0 Å². The second kappa shape index (κ2) is 7.09. The summed E-state index contributed by atoms with van der Waals surface area (Å²) in [4.78, 5) is 12.1. The van der Waals surface area contributed by atoms with E-state index in [0.29, 0.717) is 6.54 Å². The number of rotatable bonds is 4. The number of ether oxygens (including phenoxy) is 1. The molecule has 1 aromatic rings. The molecule has 1 aromatic carbocycles. The number of nitrogens with two attached hydrogens (primary N) is 1. The van der Waals surface area contributed by atoms with Gasteiger partial charge in [0.1, 0.15) is 5.75 Å². The molecule has 1 fully saturated rings. The largest absolute Gasteiger partial charge is 0.496 e. The molecule has 1 aliphatic rings. The summed E-state index contributed by atoms with van der Waals surface area (Å²) >= 11 is 3.44. The van der Waals surface area contributed by atoms with E-state index >= 15 is 0 Å². The first-order chi connectivity index (χ1) is 9.60. The number of halogens is 1. The van der Waals surface area contributed by atoms with Gasteiger partial charge in [-0.2, -0.15) is 0 Å². The number of carbonyl (C=O) groups excluding carboxylic acids is 1. The minimum atomic E-state index is 0.0699. The van der Waals surface area contributed by atoms with Crippen molar-refractivity contribution < 1.29 is 9.53 Å². The Labute approximate surface area is 128 Å². The van der Waals surface area contributed by atoms with Crippen molar-refractivity contribution in [2.75, 3.05) is 7.11 Å². The van der Waals surface area contributed by atoms with Crippen LogP contribution < -0.4 is 15.8 Å². The Bertz CT molecular complexity index is 479. The highest BCUT2D eigenvalue weighted by Crippen LogP contribution is 2.26. The van der Waals surface area contributed by atoms with Crippen molar-refractivity contribution in [1.82, 2.24) is 5.32 Å². The van der Waals surface area contributed by atoms with E-state index in [0.717, 1.165) is 41.5 Å². The lowest BCUT2D eigenvalue weighted by Crippen LogP contribution is -2.37. The van der Waals surface area contributed by atoms with Gasteiger partial charge in [0.05, 0.1) is 11.6 Å². The van der Waals surface area contributed by atoms with Gasteiger partial charge in [-0.3, -0.25) is 4.79 Å². The molecule has 0 spiro atoms. The molecule has 1 amide bonds. The molecule has 1 aliphatic carbocycles. The predicted octanol–water partition coefficient (Wildman–Crippen LogP) is 2.59. The maximum Gasteiger partial charge on any atom is 0.223 e. The van der Waals surface area contributed by atoms with Crippen LogP contribution in [0.25, 0.3) is 0 Å². The molecule has 0 radical (unpaired) electrons. The summed E-state index contributed by atoms with van der Waals surface area (Å²) in [5.41, 5.74) is 6.97. The fourth-order valence-corrected chi connectivity index (χ4v) is 3.21. The van der Waals surface area contributed by atoms with E-state index in [1.165, 1.54) is 0 Å². The zero-order valence-electron chi connectivity index (χ0n) is 11.7. The van der Waals surface area contributed by atoms with Crippen LogP contribution in [0.1, 0.15) is 31.2 Å². The lowest BCUT2D eigenvalue weighted by Gasteiger charge is -2.25. The Kier molecular flexibility index (Phi) is 5.43. The Morgan fingerprint density at radius 1 is 1.50 bits per heavy atom. The van der Waals surface area contributed by atoms with E-state index in [2.05, 4.69) is 21.2 Å². The highest BCUT2D eigenvalue weighted by Gasteiger charge is 2.24. The highest BCUT2D eigenvalue weighted by atomic mass is 79.9. The molecule has 0 aromatic heterocycles. The van der Waals surface area contributed by atoms with E-state index in [4.69, 9.17) is 10.5 Å². The second-order valence-corrected chi connectivity index (χ2v) is 6.16. The number of hydrogen-bond donors (Lipinski definition) is 2. The molecule has 0 saturated heterocycles. The van der Waals surface area contributed by atoms with Gasteiger partial charge in [-0.1, -0.05) is 12.5 Å². The Morgan fingerprint density at radius 2 is 2.30 bits per heavy atom. The molecule has 2 atom stereocenters. The standard InChI is InChI=1S/C15H21BrN2O2/c1-20-14-6-5-10(7-13(14)16)9-18-15(19)11-3-2-4-12(17)8-11/h5-7,11-12H,2-4,8-9,17H2,1H3,(H,18,19). The Morgan fingerprint density at radius 3 is 2.95 bits per heavy atom. The van der Waals surface area contributed by atoms with Crippen LogP contribution in [0.4, 0.5) is 0 Å². The van der Waals surface area contributed by atoms with Crippen LogP contribution in [0.15, 0.2) is 22.7 Å². The third-order valence-electron chi connectivity index (χ3n) is 3.77. The molecule has 2 unspecified atom stereocenters. The first-order valence-electron chi connectivity index (χ1n) is 6.96. The average Bonchev–Trinajstić information content (AvgIpc) is 2.45. The van der Waals surface area contributed by atoms with E-state index < -0.39 is 0 Å². The van der Waals surface area contributed by atoms with Crippen LogP contribution in [0, 0.1) is 5.92 Å². The molecule has 2 rings (SSSR count). The van der Waals surface area contributed by atoms with E-state index in [1.807, 2.05) is 18.2 Å². The first-order valence-corrected chi connectivity index (χ1v) is 7.75. The molecule has 0 bridgehead atoms. The summed E-state index contributed by atoms with van der Waals surface area (Å²) in [5, 5.41) is 3.00. The van der Waals surface area contributed by atoms with Crippen molar-refractivity contribution >= 4 is 21.8 Å². The van der Waals surface area contributed by atoms with Gasteiger partial charge < -0.3 is 15.8 Å². The lowest BCUT2D eigenvalue weighted by atomic mass is 9.85. The zero-order chi connectivity index (χ0) is 14.5. The Balaban J connectivity index is 1.88. The summed E-state index contributed by atoms with van der Waals surface area (Å²) in [6, 6.07) is 5.99. The van der Waals surface area contributed by atoms with Gasteiger partial charge in [0.25, 0.3) is 0 Å². The van der Waals surface area contributed by atoms with Gasteiger partial charge in [0, 0.05) is 18.5 Å². The summed E-state index contributed by atoms with van der Waals surface area (Å²) < 4.78 is 6.08. The minimum Gasteiger partial charge on any atom is -0.496 e. The summed E-state index contributed by atoms with van der Waals surface area (Å²) in [6.45, 7) is 0.535. The monoisotopic (exact) mass is 340 g/mol. The number of nitrogens with one attached hydrogen (secondary N) is 1. The van der Waals surface area contributed by atoms with Crippen LogP contribution in [-0.2, 0) is 11.3 Å². The van der Waals surface area contributed by atoms with Crippen LogP contribution in [0.3, 0.4) is 0 Å². The second-order valence-electron chi connectivity index (χ2n) is 5.31. The predicted molar refractivity (Wildman–Crippen MR) is 82.5 cm³/mol. The molecule has 110 valence electrons. The van der Waals surface area contributed by atoms with E-state index in [1.54, 1.807) is 7.11 Å². The molecular formula is C15H21BrN2O2. The van der Waals surface area contributed by atoms with Crippen molar-refractivity contribution in [3.63, 3.8) is 0 Å². The zero-order valence-corrected chi connectivity index (χ0v) is 13.3. The molecule has 3 N–H and O–H groups in total. The maximum absolute atomic E-state index is 12.1. The molecule has 4 nitrogen and oxygen atoms in total. The topological polar surface area (TPSA) is 64.3 Å². The van der Waals surface area contributed by atoms with Crippen molar-refractivity contribution in [3.05, 3.63) is 28.2 Å². The summed E-state index contributed by atoms with van der Waals surface area (Å²) in [7, 11) is 1.63. The van der Waals surface area contributed by atoms with Gasteiger partial charge in [-0.05, 0) is 52.9 Å². The van der Waals surface area contributed by atoms with Crippen LogP contribution in [0.5, 0.6) is 5.75 Å². The van der Waals surface area contributed by atoms with Crippen molar-refractivity contribution in [3.8, 4) is 5.75 Å². The molecule has 5 heteroatoms. The van der Waals surface area contributed by atoms with Crippen LogP contribution >= 0.6 is 15.9 Å². The van der Waals surface area contributed by atoms with E-state index in [-0.39, 0.29) is 17.9 Å². The number of hydrogen-bond acceptors (Lipinski definition) is 3. The average molecular weight is 341 g/mol. The lowest BCUT2D eigenvalue weighted by molar-refractivity contribution is -0.126. The van der Waals surface area contributed by atoms with E-state index in [9.17, 15) is 4.79 Å². The number of carbonyl (C=O) groups is 1. The molecular weight excluding hydrogens is 320 g/mol. The smallest absolute Gasteiger partial charge is 0.223 e. The number of benzene rings is 1. The highest BCUT2D eigenvalue weighted by molar-refractivity contribution is 9.10. The minimum absolute atomic E-state index is 0.0699. The quantitative estimate of drug-likeness (QED) is 0.885. The van der Waals surface area contributed by atoms with Crippen LogP contribution in [-0.4, -0.2) is 19.1 Å². The van der Waals surface area contributed by atoms with Crippen molar-refractivity contribution in [2.45, 2.75) is 38.3 Å². The third-order valence-corrected chi connectivity index (χ3v) is 4.39. The van der Waals surface area contributed by atoms with Gasteiger partial charge >= 0.3 is 0 Å². The number of amides is 1. The van der Waals surface area contributed by atoms with Crippen LogP contribution in [0.2, 0.25) is 0 Å². The Hall–Kier alpha value is -1.07. The summed E-state index contributed by atoms with van der Waals surface area (Å²) in [5.74, 6) is 0.978. The van der Waals surface area contributed by atoms with Crippen molar-refractivity contribution in [2.24, 2.45) is 11.7 Å². The molecule has 1 saturated carbocycles. The SMILES string of the molecule is COc1ccc(CNC(=O)C2CCCC(N)C2)cc1Br. The normalized spacial score (nSPS) is 22.4. The molecule has 20 heavy (non-hydrogen) atoms. The summed E-state index contributed by atoms with van der Waals surface area (Å²) in [6.07, 6.45) is 3.84. The van der Waals surface area contributed by atoms with Gasteiger partial charge in [-0.15, -0.1) is 0 Å². The number of methoxy groups -OCH3 is 1. The maximum atomic E-state index is 12.1. The van der Waals surface area contributed by atoms with Gasteiger partial charge in [0.2, 0.25) is 5.91 Å². The molecule has 0 aliphatic heterocycles. The van der Waals surface area contributed by atoms with Gasteiger partial charge in [0.15, 0.2) is 0 Å². The first kappa shape index (κ1) is 15.3. The fraction of sp³-hybridized carbons (Fsp3) is 0.533.